The Balaban J connectivity index is 2.23. The molecule has 0 amide bonds. The number of hydrogen-bond donors (Lipinski definition) is 0. The van der Waals surface area contributed by atoms with E-state index in [1.54, 1.807) is 37.3 Å². The molecule has 0 fully saturated rings. The molecule has 2 rings (SSSR count). The molecule has 0 aliphatic carbocycles. The van der Waals surface area contributed by atoms with E-state index in [1.165, 1.54) is 6.08 Å². The first-order chi connectivity index (χ1) is 12.1. The minimum absolute atomic E-state index is 0.133. The van der Waals surface area contributed by atoms with Gasteiger partial charge in [0.25, 0.3) is 0 Å². The number of para-hydroxylation sites is 1. The van der Waals surface area contributed by atoms with Crippen LogP contribution < -0.4 is 4.74 Å². The maximum atomic E-state index is 11.9. The van der Waals surface area contributed by atoms with Gasteiger partial charge in [0.15, 0.2) is 0 Å². The average molecular weight is 358 g/mol. The van der Waals surface area contributed by atoms with Gasteiger partial charge < -0.3 is 9.47 Å². The lowest BCUT2D eigenvalue weighted by Crippen LogP contribution is -2.05. The van der Waals surface area contributed by atoms with Gasteiger partial charge in [-0.15, -0.1) is 0 Å². The van der Waals surface area contributed by atoms with Crippen LogP contribution in [0.2, 0.25) is 5.02 Å². The van der Waals surface area contributed by atoms with Crippen LogP contribution in [0.25, 0.3) is 16.5 Å². The van der Waals surface area contributed by atoms with Crippen molar-refractivity contribution in [2.75, 3.05) is 6.61 Å². The molecule has 0 bridgehead atoms. The fourth-order valence-corrected chi connectivity index (χ4v) is 2.13. The van der Waals surface area contributed by atoms with Crippen LogP contribution in [0.15, 0.2) is 59.3 Å². The van der Waals surface area contributed by atoms with E-state index in [0.717, 1.165) is 5.56 Å². The first-order valence-corrected chi connectivity index (χ1v) is 7.92. The van der Waals surface area contributed by atoms with Crippen LogP contribution in [-0.2, 0) is 16.1 Å². The molecule has 25 heavy (non-hydrogen) atoms. The Labute approximate surface area is 150 Å². The molecular formula is C18H16ClN3O3. The quantitative estimate of drug-likeness (QED) is 0.226. The summed E-state index contributed by atoms with van der Waals surface area (Å²) in [6.07, 6.45) is 1.44. The fraction of sp³-hybridized carbons (Fsp3) is 0.167. The maximum Gasteiger partial charge on any atom is 0.340 e. The van der Waals surface area contributed by atoms with Gasteiger partial charge in [0.05, 0.1) is 6.61 Å². The highest BCUT2D eigenvalue weighted by atomic mass is 35.5. The second-order valence-electron chi connectivity index (χ2n) is 4.89. The zero-order valence-electron chi connectivity index (χ0n) is 13.6. The zero-order chi connectivity index (χ0) is 18.1. The first-order valence-electron chi connectivity index (χ1n) is 7.54. The van der Waals surface area contributed by atoms with Gasteiger partial charge in [-0.2, -0.15) is 0 Å². The van der Waals surface area contributed by atoms with Gasteiger partial charge in [0.2, 0.25) is 0 Å². The molecule has 0 saturated carbocycles. The topological polar surface area (TPSA) is 84.3 Å². The van der Waals surface area contributed by atoms with E-state index in [-0.39, 0.29) is 12.3 Å². The number of carbonyl (C=O) groups excluding carboxylic acids is 1. The van der Waals surface area contributed by atoms with E-state index in [0.29, 0.717) is 22.9 Å². The number of ether oxygens (including phenoxy) is 2. The Kier molecular flexibility index (Phi) is 6.89. The normalized spacial score (nSPS) is 10.7. The smallest absolute Gasteiger partial charge is 0.340 e. The predicted molar refractivity (Wildman–Crippen MR) is 96.0 cm³/mol. The lowest BCUT2D eigenvalue weighted by molar-refractivity contribution is -0.138. The summed E-state index contributed by atoms with van der Waals surface area (Å²) in [6, 6.07) is 14.4. The summed E-state index contributed by atoms with van der Waals surface area (Å²) in [5, 5.41) is 4.06. The van der Waals surface area contributed by atoms with Gasteiger partial charge in [-0.3, -0.25) is 0 Å². The number of halogens is 1. The number of rotatable bonds is 7. The summed E-state index contributed by atoms with van der Waals surface area (Å²) in [6.45, 7) is 2.19. The highest BCUT2D eigenvalue weighted by Gasteiger charge is 2.10. The number of carbonyl (C=O) groups is 1. The third kappa shape index (κ3) is 5.57. The van der Waals surface area contributed by atoms with Gasteiger partial charge in [-0.25, -0.2) is 4.79 Å². The second-order valence-corrected chi connectivity index (χ2v) is 5.33. The molecule has 0 N–H and O–H groups in total. The summed E-state index contributed by atoms with van der Waals surface area (Å²) in [4.78, 5) is 14.5. The molecule has 6 nitrogen and oxygen atoms in total. The standard InChI is InChI=1S/C18H16ClN3O3/c1-2-24-18(23)16(21-22-20)11-14-5-3-4-6-17(14)25-12-13-7-9-15(19)10-8-13/h3-11H,2,12H2,1H3/b16-11-. The number of benzene rings is 2. The molecule has 0 aliphatic rings. The molecule has 0 radical (unpaired) electrons. The SMILES string of the molecule is CCOC(=O)/C(=C/c1ccccc1OCc1ccc(Cl)cc1)N=[N+]=[N-]. The van der Waals surface area contributed by atoms with Crippen molar-refractivity contribution < 1.29 is 14.3 Å². The zero-order valence-corrected chi connectivity index (χ0v) is 14.3. The number of azide groups is 1. The van der Waals surface area contributed by atoms with Crippen molar-refractivity contribution in [1.29, 1.82) is 0 Å². The molecular weight excluding hydrogens is 342 g/mol. The van der Waals surface area contributed by atoms with Crippen LogP contribution in [0.1, 0.15) is 18.1 Å². The minimum Gasteiger partial charge on any atom is -0.488 e. The van der Waals surface area contributed by atoms with Crippen LogP contribution in [0.3, 0.4) is 0 Å². The number of hydrogen-bond acceptors (Lipinski definition) is 4. The lowest BCUT2D eigenvalue weighted by Gasteiger charge is -2.10. The van der Waals surface area contributed by atoms with E-state index < -0.39 is 5.97 Å². The van der Waals surface area contributed by atoms with Gasteiger partial charge in [-0.05, 0) is 42.3 Å². The van der Waals surface area contributed by atoms with E-state index in [4.69, 9.17) is 26.6 Å². The van der Waals surface area contributed by atoms with E-state index >= 15 is 0 Å². The molecule has 0 aromatic heterocycles. The van der Waals surface area contributed by atoms with Crippen molar-refractivity contribution in [3.05, 3.63) is 80.8 Å². The van der Waals surface area contributed by atoms with Crippen molar-refractivity contribution >= 4 is 23.6 Å². The van der Waals surface area contributed by atoms with Gasteiger partial charge in [-0.1, -0.05) is 47.0 Å². The molecule has 0 atom stereocenters. The van der Waals surface area contributed by atoms with Crippen LogP contribution in [0.5, 0.6) is 5.75 Å². The highest BCUT2D eigenvalue weighted by molar-refractivity contribution is 6.30. The Morgan fingerprint density at radius 1 is 1.24 bits per heavy atom. The molecule has 0 spiro atoms. The largest absolute Gasteiger partial charge is 0.488 e. The van der Waals surface area contributed by atoms with Gasteiger partial charge >= 0.3 is 5.97 Å². The number of nitrogens with zero attached hydrogens (tertiary/aromatic N) is 3. The molecule has 0 aliphatic heterocycles. The molecule has 0 heterocycles. The van der Waals surface area contributed by atoms with Crippen molar-refractivity contribution in [1.82, 2.24) is 0 Å². The second kappa shape index (κ2) is 9.37. The van der Waals surface area contributed by atoms with Crippen molar-refractivity contribution in [3.63, 3.8) is 0 Å². The van der Waals surface area contributed by atoms with Crippen LogP contribution >= 0.6 is 11.6 Å². The van der Waals surface area contributed by atoms with Crippen LogP contribution in [0.4, 0.5) is 0 Å². The fourth-order valence-electron chi connectivity index (χ4n) is 2.00. The summed E-state index contributed by atoms with van der Waals surface area (Å²) in [7, 11) is 0. The molecule has 2 aromatic rings. The minimum atomic E-state index is -0.687. The molecule has 0 unspecified atom stereocenters. The summed E-state index contributed by atoms with van der Waals surface area (Å²) in [5.74, 6) is -0.139. The van der Waals surface area contributed by atoms with E-state index in [2.05, 4.69) is 10.0 Å². The molecule has 0 saturated heterocycles. The first kappa shape index (κ1) is 18.4. The summed E-state index contributed by atoms with van der Waals surface area (Å²) >= 11 is 5.86. The highest BCUT2D eigenvalue weighted by Crippen LogP contribution is 2.23. The average Bonchev–Trinajstić information content (AvgIpc) is 2.62. The molecule has 128 valence electrons. The van der Waals surface area contributed by atoms with E-state index in [9.17, 15) is 4.79 Å². The monoisotopic (exact) mass is 357 g/mol. The third-order valence-electron chi connectivity index (χ3n) is 3.16. The molecule has 2 aromatic carbocycles. The summed E-state index contributed by atoms with van der Waals surface area (Å²) in [5.41, 5.74) is 10.1. The Bertz CT molecular complexity index is 813. The molecule has 7 heteroatoms. The van der Waals surface area contributed by atoms with Crippen LogP contribution in [0, 0.1) is 0 Å². The Morgan fingerprint density at radius 3 is 2.64 bits per heavy atom. The third-order valence-corrected chi connectivity index (χ3v) is 3.41. The Hall–Kier alpha value is -2.95. The van der Waals surface area contributed by atoms with Gasteiger partial charge in [0.1, 0.15) is 18.1 Å². The van der Waals surface area contributed by atoms with E-state index in [1.807, 2.05) is 18.2 Å². The van der Waals surface area contributed by atoms with Crippen molar-refractivity contribution in [3.8, 4) is 5.75 Å². The Morgan fingerprint density at radius 2 is 1.96 bits per heavy atom. The number of esters is 1. The summed E-state index contributed by atoms with van der Waals surface area (Å²) < 4.78 is 10.7. The van der Waals surface area contributed by atoms with Crippen molar-refractivity contribution in [2.24, 2.45) is 5.11 Å². The lowest BCUT2D eigenvalue weighted by atomic mass is 10.1. The maximum absolute atomic E-state index is 11.9. The van der Waals surface area contributed by atoms with Crippen molar-refractivity contribution in [2.45, 2.75) is 13.5 Å². The predicted octanol–water partition coefficient (Wildman–Crippen LogP) is 5.13. The van der Waals surface area contributed by atoms with Crippen LogP contribution in [-0.4, -0.2) is 12.6 Å². The van der Waals surface area contributed by atoms with Gasteiger partial charge in [0, 0.05) is 15.5 Å².